The maximum Gasteiger partial charge on any atom is 0.317 e. The highest BCUT2D eigenvalue weighted by atomic mass is 16.3. The molecule has 1 aromatic heterocycles. The molecule has 1 aliphatic rings. The van der Waals surface area contributed by atoms with E-state index in [0.29, 0.717) is 19.6 Å². The van der Waals surface area contributed by atoms with Crippen LogP contribution in [0.1, 0.15) is 31.7 Å². The molecule has 0 aliphatic carbocycles. The number of rotatable bonds is 5. The molecule has 2 N–H and O–H groups in total. The lowest BCUT2D eigenvalue weighted by Gasteiger charge is -2.40. The molecule has 6 heteroatoms. The number of aromatic nitrogens is 1. The Morgan fingerprint density at radius 1 is 1.43 bits per heavy atom. The molecule has 0 unspecified atom stereocenters. The SMILES string of the molecule is CCC1(CO)CCN(C(=O)NCc2ccnc(N(C)C)c2)CC1. The summed E-state index contributed by atoms with van der Waals surface area (Å²) < 4.78 is 0. The van der Waals surface area contributed by atoms with Crippen molar-refractivity contribution in [3.05, 3.63) is 23.9 Å². The molecule has 0 saturated carbocycles. The summed E-state index contributed by atoms with van der Waals surface area (Å²) in [5.41, 5.74) is 1.04. The fourth-order valence-corrected chi connectivity index (χ4v) is 2.91. The van der Waals surface area contributed by atoms with Crippen molar-refractivity contribution in [1.29, 1.82) is 0 Å². The third-order valence-electron chi connectivity index (χ3n) is 4.91. The second-order valence-corrected chi connectivity index (χ2v) is 6.57. The summed E-state index contributed by atoms with van der Waals surface area (Å²) in [5, 5.41) is 12.5. The van der Waals surface area contributed by atoms with Crippen LogP contribution >= 0.6 is 0 Å². The summed E-state index contributed by atoms with van der Waals surface area (Å²) in [6.45, 7) is 4.23. The van der Waals surface area contributed by atoms with Crippen molar-refractivity contribution in [3.63, 3.8) is 0 Å². The number of piperidine rings is 1. The van der Waals surface area contributed by atoms with E-state index < -0.39 is 0 Å². The third-order valence-corrected chi connectivity index (χ3v) is 4.91. The van der Waals surface area contributed by atoms with Crippen LogP contribution in [0.5, 0.6) is 0 Å². The van der Waals surface area contributed by atoms with Crippen LogP contribution in [0.25, 0.3) is 0 Å². The van der Waals surface area contributed by atoms with Gasteiger partial charge in [-0.05, 0) is 42.4 Å². The van der Waals surface area contributed by atoms with Crippen molar-refractivity contribution in [2.45, 2.75) is 32.7 Å². The van der Waals surface area contributed by atoms with Crippen LogP contribution in [0, 0.1) is 5.41 Å². The van der Waals surface area contributed by atoms with E-state index in [2.05, 4.69) is 17.2 Å². The average molecular weight is 320 g/mol. The fourth-order valence-electron chi connectivity index (χ4n) is 2.91. The van der Waals surface area contributed by atoms with E-state index in [1.807, 2.05) is 36.0 Å². The van der Waals surface area contributed by atoms with Gasteiger partial charge in [-0.1, -0.05) is 6.92 Å². The van der Waals surface area contributed by atoms with Crippen LogP contribution in [0.15, 0.2) is 18.3 Å². The Labute approximate surface area is 138 Å². The van der Waals surface area contributed by atoms with E-state index in [9.17, 15) is 9.90 Å². The van der Waals surface area contributed by atoms with Crippen molar-refractivity contribution in [1.82, 2.24) is 15.2 Å². The van der Waals surface area contributed by atoms with Crippen molar-refractivity contribution in [2.75, 3.05) is 38.7 Å². The van der Waals surface area contributed by atoms with Gasteiger partial charge in [0.2, 0.25) is 0 Å². The maximum atomic E-state index is 12.3. The maximum absolute atomic E-state index is 12.3. The van der Waals surface area contributed by atoms with Gasteiger partial charge >= 0.3 is 6.03 Å². The number of nitrogens with one attached hydrogen (secondary N) is 1. The molecule has 0 aromatic carbocycles. The Kier molecular flexibility index (Phi) is 5.82. The van der Waals surface area contributed by atoms with Crippen LogP contribution in [-0.2, 0) is 6.54 Å². The molecular formula is C17H28N4O2. The number of anilines is 1. The summed E-state index contributed by atoms with van der Waals surface area (Å²) in [6, 6.07) is 3.86. The minimum absolute atomic E-state index is 0.00247. The normalized spacial score (nSPS) is 17.0. The molecule has 1 aromatic rings. The van der Waals surface area contributed by atoms with E-state index >= 15 is 0 Å². The zero-order chi connectivity index (χ0) is 16.9. The van der Waals surface area contributed by atoms with Gasteiger partial charge in [0, 0.05) is 46.5 Å². The Bertz CT molecular complexity index is 519. The first-order chi connectivity index (χ1) is 11.0. The van der Waals surface area contributed by atoms with Crippen molar-refractivity contribution in [2.24, 2.45) is 5.41 Å². The van der Waals surface area contributed by atoms with Gasteiger partial charge in [0.05, 0.1) is 0 Å². The molecule has 1 saturated heterocycles. The number of nitrogens with zero attached hydrogens (tertiary/aromatic N) is 3. The van der Waals surface area contributed by atoms with E-state index in [0.717, 1.165) is 30.6 Å². The van der Waals surface area contributed by atoms with Gasteiger partial charge in [0.1, 0.15) is 5.82 Å². The number of likely N-dealkylation sites (tertiary alicyclic amines) is 1. The number of hydrogen-bond donors (Lipinski definition) is 2. The fraction of sp³-hybridized carbons (Fsp3) is 0.647. The molecule has 0 spiro atoms. The zero-order valence-electron chi connectivity index (χ0n) is 14.4. The Hall–Kier alpha value is -1.82. The summed E-state index contributed by atoms with van der Waals surface area (Å²) in [4.78, 5) is 20.4. The lowest BCUT2D eigenvalue weighted by Crippen LogP contribution is -2.48. The first kappa shape index (κ1) is 17.5. The molecule has 0 radical (unpaired) electrons. The van der Waals surface area contributed by atoms with Crippen LogP contribution in [0.4, 0.5) is 10.6 Å². The first-order valence-corrected chi connectivity index (χ1v) is 8.25. The van der Waals surface area contributed by atoms with Gasteiger partial charge < -0.3 is 20.2 Å². The van der Waals surface area contributed by atoms with Crippen LogP contribution < -0.4 is 10.2 Å². The molecule has 0 bridgehead atoms. The minimum atomic E-state index is -0.0316. The summed E-state index contributed by atoms with van der Waals surface area (Å²) >= 11 is 0. The lowest BCUT2D eigenvalue weighted by molar-refractivity contribution is 0.0519. The number of amides is 2. The molecule has 2 rings (SSSR count). The average Bonchev–Trinajstić information content (AvgIpc) is 2.60. The first-order valence-electron chi connectivity index (χ1n) is 8.25. The second kappa shape index (κ2) is 7.64. The van der Waals surface area contributed by atoms with Crippen molar-refractivity contribution < 1.29 is 9.90 Å². The quantitative estimate of drug-likeness (QED) is 0.869. The lowest BCUT2D eigenvalue weighted by atomic mass is 9.77. The smallest absolute Gasteiger partial charge is 0.317 e. The number of carbonyl (C=O) groups excluding carboxylic acids is 1. The molecule has 1 fully saturated rings. The van der Waals surface area contributed by atoms with Crippen LogP contribution in [0.2, 0.25) is 0 Å². The zero-order valence-corrected chi connectivity index (χ0v) is 14.4. The van der Waals surface area contributed by atoms with E-state index in [4.69, 9.17) is 0 Å². The van der Waals surface area contributed by atoms with Crippen molar-refractivity contribution in [3.8, 4) is 0 Å². The molecule has 128 valence electrons. The molecule has 0 atom stereocenters. The standard InChI is InChI=1S/C17H28N4O2/c1-4-17(13-22)6-9-21(10-7-17)16(23)19-12-14-5-8-18-15(11-14)20(2)3/h5,8,11,22H,4,6-7,9-10,12-13H2,1-3H3,(H,19,23). The number of urea groups is 1. The predicted octanol–water partition coefficient (Wildman–Crippen LogP) is 1.84. The van der Waals surface area contributed by atoms with Gasteiger partial charge in [-0.15, -0.1) is 0 Å². The van der Waals surface area contributed by atoms with Crippen LogP contribution in [0.3, 0.4) is 0 Å². The molecule has 6 nitrogen and oxygen atoms in total. The summed E-state index contributed by atoms with van der Waals surface area (Å²) in [5.74, 6) is 0.880. The number of hydrogen-bond acceptors (Lipinski definition) is 4. The highest BCUT2D eigenvalue weighted by Gasteiger charge is 2.33. The number of aliphatic hydroxyl groups is 1. The highest BCUT2D eigenvalue weighted by Crippen LogP contribution is 2.34. The van der Waals surface area contributed by atoms with E-state index in [1.54, 1.807) is 6.20 Å². The minimum Gasteiger partial charge on any atom is -0.396 e. The highest BCUT2D eigenvalue weighted by molar-refractivity contribution is 5.74. The molecular weight excluding hydrogens is 292 g/mol. The van der Waals surface area contributed by atoms with E-state index in [1.165, 1.54) is 0 Å². The van der Waals surface area contributed by atoms with E-state index in [-0.39, 0.29) is 18.1 Å². The van der Waals surface area contributed by atoms with Gasteiger partial charge in [-0.2, -0.15) is 0 Å². The van der Waals surface area contributed by atoms with Gasteiger partial charge in [-0.25, -0.2) is 9.78 Å². The third kappa shape index (κ3) is 4.34. The predicted molar refractivity (Wildman–Crippen MR) is 91.4 cm³/mol. The Balaban J connectivity index is 1.85. The summed E-state index contributed by atoms with van der Waals surface area (Å²) in [7, 11) is 3.89. The number of aliphatic hydroxyl groups excluding tert-OH is 1. The summed E-state index contributed by atoms with van der Waals surface area (Å²) in [6.07, 6.45) is 4.46. The molecule has 2 heterocycles. The molecule has 23 heavy (non-hydrogen) atoms. The number of carbonyl (C=O) groups is 1. The van der Waals surface area contributed by atoms with Gasteiger partial charge in [-0.3, -0.25) is 0 Å². The van der Waals surface area contributed by atoms with Crippen molar-refractivity contribution >= 4 is 11.8 Å². The largest absolute Gasteiger partial charge is 0.396 e. The number of pyridine rings is 1. The topological polar surface area (TPSA) is 68.7 Å². The van der Waals surface area contributed by atoms with Gasteiger partial charge in [0.25, 0.3) is 0 Å². The molecule has 2 amide bonds. The molecule has 1 aliphatic heterocycles. The van der Waals surface area contributed by atoms with Gasteiger partial charge in [0.15, 0.2) is 0 Å². The monoisotopic (exact) mass is 320 g/mol. The van der Waals surface area contributed by atoms with Crippen LogP contribution in [-0.4, -0.2) is 54.8 Å². The second-order valence-electron chi connectivity index (χ2n) is 6.57. The Morgan fingerprint density at radius 2 is 2.13 bits per heavy atom. The Morgan fingerprint density at radius 3 is 2.70 bits per heavy atom.